The number of nitrogens with one attached hydrogen (secondary N) is 1. The summed E-state index contributed by atoms with van der Waals surface area (Å²) in [6, 6.07) is 15.3. The molecule has 7 heteroatoms. The largest absolute Gasteiger partial charge is 0.493 e. The number of carbonyl (C=O) groups is 2. The van der Waals surface area contributed by atoms with Crippen LogP contribution in [0.5, 0.6) is 5.75 Å². The molecule has 0 saturated heterocycles. The van der Waals surface area contributed by atoms with Crippen molar-refractivity contribution in [2.24, 2.45) is 0 Å². The highest BCUT2D eigenvalue weighted by atomic mass is 32.1. The molecule has 0 aliphatic carbocycles. The molecule has 2 aromatic carbocycles. The van der Waals surface area contributed by atoms with Crippen LogP contribution in [0.25, 0.3) is 10.4 Å². The molecule has 1 N–H and O–H groups in total. The predicted octanol–water partition coefficient (Wildman–Crippen LogP) is 3.71. The van der Waals surface area contributed by atoms with E-state index in [9.17, 15) is 9.59 Å². The minimum atomic E-state index is -0.536. The molecule has 0 saturated carbocycles. The second-order valence-electron chi connectivity index (χ2n) is 6.32. The average molecular weight is 394 g/mol. The van der Waals surface area contributed by atoms with Gasteiger partial charge in [-0.2, -0.15) is 0 Å². The number of thiazole rings is 1. The van der Waals surface area contributed by atoms with E-state index in [0.29, 0.717) is 16.6 Å². The number of amides is 1. The molecule has 28 heavy (non-hydrogen) atoms. The number of nitrogens with zero attached hydrogens (tertiary/aromatic N) is 1. The van der Waals surface area contributed by atoms with Gasteiger partial charge in [-0.3, -0.25) is 4.79 Å². The van der Waals surface area contributed by atoms with E-state index in [1.54, 1.807) is 0 Å². The highest BCUT2D eigenvalue weighted by Crippen LogP contribution is 2.33. The summed E-state index contributed by atoms with van der Waals surface area (Å²) in [4.78, 5) is 29.5. The van der Waals surface area contributed by atoms with Gasteiger partial charge in [0, 0.05) is 6.42 Å². The fourth-order valence-corrected chi connectivity index (χ4v) is 4.04. The predicted molar refractivity (Wildman–Crippen MR) is 107 cm³/mol. The van der Waals surface area contributed by atoms with E-state index in [2.05, 4.69) is 10.3 Å². The van der Waals surface area contributed by atoms with Crippen molar-refractivity contribution in [2.45, 2.75) is 12.8 Å². The lowest BCUT2D eigenvalue weighted by atomic mass is 10.1. The average Bonchev–Trinajstić information content (AvgIpc) is 3.34. The molecular formula is C21H18N2O4S. The molecule has 1 amide bonds. The molecule has 3 aromatic rings. The van der Waals surface area contributed by atoms with Crippen LogP contribution in [0.4, 0.5) is 5.13 Å². The van der Waals surface area contributed by atoms with Gasteiger partial charge >= 0.3 is 5.97 Å². The van der Waals surface area contributed by atoms with E-state index in [1.165, 1.54) is 24.0 Å². The summed E-state index contributed by atoms with van der Waals surface area (Å²) in [5.41, 5.74) is 3.07. The summed E-state index contributed by atoms with van der Waals surface area (Å²) in [5.74, 6) is 0.105. The smallest absolute Gasteiger partial charge is 0.358 e. The Balaban J connectivity index is 1.53. The fraction of sp³-hybridized carbons (Fsp3) is 0.190. The third kappa shape index (κ3) is 3.75. The minimum Gasteiger partial charge on any atom is -0.493 e. The Labute approximate surface area is 166 Å². The molecule has 142 valence electrons. The number of ether oxygens (including phenoxy) is 2. The van der Waals surface area contributed by atoms with Gasteiger partial charge in [0.1, 0.15) is 5.75 Å². The van der Waals surface area contributed by atoms with Crippen molar-refractivity contribution in [2.75, 3.05) is 19.0 Å². The molecule has 4 rings (SSSR count). The van der Waals surface area contributed by atoms with E-state index < -0.39 is 5.97 Å². The monoisotopic (exact) mass is 394 g/mol. The van der Waals surface area contributed by atoms with Gasteiger partial charge in [0.25, 0.3) is 0 Å². The van der Waals surface area contributed by atoms with Crippen LogP contribution < -0.4 is 10.1 Å². The topological polar surface area (TPSA) is 77.5 Å². The molecule has 1 aliphatic heterocycles. The van der Waals surface area contributed by atoms with Crippen LogP contribution in [-0.2, 0) is 22.4 Å². The molecule has 6 nitrogen and oxygen atoms in total. The van der Waals surface area contributed by atoms with Crippen molar-refractivity contribution in [3.05, 3.63) is 65.4 Å². The number of rotatable bonds is 5. The Kier molecular flexibility index (Phi) is 5.08. The van der Waals surface area contributed by atoms with Gasteiger partial charge in [-0.25, -0.2) is 9.78 Å². The Bertz CT molecular complexity index is 1030. The lowest BCUT2D eigenvalue weighted by molar-refractivity contribution is -0.115. The second kappa shape index (κ2) is 7.82. The molecule has 0 bridgehead atoms. The van der Waals surface area contributed by atoms with E-state index >= 15 is 0 Å². The second-order valence-corrected chi connectivity index (χ2v) is 7.32. The van der Waals surface area contributed by atoms with Gasteiger partial charge in [0.05, 0.1) is 25.0 Å². The van der Waals surface area contributed by atoms with Crippen LogP contribution in [0, 0.1) is 0 Å². The fourth-order valence-electron chi connectivity index (χ4n) is 3.06. The first-order valence-electron chi connectivity index (χ1n) is 8.83. The zero-order valence-electron chi connectivity index (χ0n) is 15.2. The molecular weight excluding hydrogens is 376 g/mol. The van der Waals surface area contributed by atoms with Crippen LogP contribution in [-0.4, -0.2) is 30.6 Å². The van der Waals surface area contributed by atoms with Gasteiger partial charge in [0.2, 0.25) is 5.91 Å². The summed E-state index contributed by atoms with van der Waals surface area (Å²) in [6.45, 7) is 0.683. The van der Waals surface area contributed by atoms with Crippen molar-refractivity contribution >= 4 is 28.3 Å². The van der Waals surface area contributed by atoms with Crippen molar-refractivity contribution in [3.63, 3.8) is 0 Å². The first-order valence-corrected chi connectivity index (χ1v) is 9.64. The number of benzene rings is 2. The zero-order valence-corrected chi connectivity index (χ0v) is 16.0. The summed E-state index contributed by atoms with van der Waals surface area (Å²) in [5, 5.41) is 3.15. The number of hydrogen-bond donors (Lipinski definition) is 1. The zero-order chi connectivity index (χ0) is 19.5. The first-order chi connectivity index (χ1) is 13.6. The lowest BCUT2D eigenvalue weighted by Gasteiger charge is -2.04. The first kappa shape index (κ1) is 18.2. The summed E-state index contributed by atoms with van der Waals surface area (Å²) in [7, 11) is 1.31. The molecule has 0 fully saturated rings. The molecule has 0 atom stereocenters. The lowest BCUT2D eigenvalue weighted by Crippen LogP contribution is -2.14. The van der Waals surface area contributed by atoms with E-state index in [4.69, 9.17) is 9.47 Å². The van der Waals surface area contributed by atoms with Gasteiger partial charge in [-0.05, 0) is 22.8 Å². The molecule has 0 spiro atoms. The maximum atomic E-state index is 12.5. The maximum Gasteiger partial charge on any atom is 0.358 e. The van der Waals surface area contributed by atoms with Crippen LogP contribution in [0.15, 0.2) is 48.5 Å². The maximum absolute atomic E-state index is 12.5. The number of hydrogen-bond acceptors (Lipinski definition) is 6. The number of aromatic nitrogens is 1. The van der Waals surface area contributed by atoms with Gasteiger partial charge in [-0.15, -0.1) is 0 Å². The van der Waals surface area contributed by atoms with Gasteiger partial charge < -0.3 is 14.8 Å². The number of esters is 1. The quantitative estimate of drug-likeness (QED) is 0.668. The van der Waals surface area contributed by atoms with Crippen LogP contribution in [0.3, 0.4) is 0 Å². The Morgan fingerprint density at radius 3 is 2.82 bits per heavy atom. The number of anilines is 1. The Morgan fingerprint density at radius 2 is 2.04 bits per heavy atom. The van der Waals surface area contributed by atoms with Crippen molar-refractivity contribution in [1.29, 1.82) is 0 Å². The van der Waals surface area contributed by atoms with Crippen LogP contribution in [0.2, 0.25) is 0 Å². The number of methoxy groups -OCH3 is 1. The molecule has 0 unspecified atom stereocenters. The third-order valence-corrected chi connectivity index (χ3v) is 5.43. The number of fused-ring (bicyclic) bond motifs is 1. The molecule has 0 radical (unpaired) electrons. The van der Waals surface area contributed by atoms with Gasteiger partial charge in [0.15, 0.2) is 10.8 Å². The summed E-state index contributed by atoms with van der Waals surface area (Å²) >= 11 is 1.25. The summed E-state index contributed by atoms with van der Waals surface area (Å²) < 4.78 is 10.4. The van der Waals surface area contributed by atoms with E-state index in [-0.39, 0.29) is 18.0 Å². The molecule has 1 aliphatic rings. The van der Waals surface area contributed by atoms with Crippen LogP contribution in [0.1, 0.15) is 21.6 Å². The van der Waals surface area contributed by atoms with Gasteiger partial charge in [-0.1, -0.05) is 53.8 Å². The van der Waals surface area contributed by atoms with Crippen molar-refractivity contribution in [1.82, 2.24) is 4.98 Å². The Morgan fingerprint density at radius 1 is 1.21 bits per heavy atom. The van der Waals surface area contributed by atoms with E-state index in [1.807, 2.05) is 48.5 Å². The summed E-state index contributed by atoms with van der Waals surface area (Å²) in [6.07, 6.45) is 1.10. The highest BCUT2D eigenvalue weighted by molar-refractivity contribution is 7.19. The minimum absolute atomic E-state index is 0.194. The highest BCUT2D eigenvalue weighted by Gasteiger charge is 2.21. The van der Waals surface area contributed by atoms with Crippen LogP contribution >= 0.6 is 11.3 Å². The standard InChI is InChI=1S/C21H18N2O4S/c1-26-20(25)18-19(15-5-3-2-4-6-15)28-21(23-18)22-17(24)12-13-7-8-14-9-10-27-16(14)11-13/h2-8,11H,9-10,12H2,1H3,(H,22,23,24). The van der Waals surface area contributed by atoms with E-state index in [0.717, 1.165) is 23.3 Å². The molecule has 2 heterocycles. The van der Waals surface area contributed by atoms with Crippen molar-refractivity contribution < 1.29 is 19.1 Å². The normalized spacial score (nSPS) is 12.2. The Hall–Kier alpha value is -3.19. The molecule has 1 aromatic heterocycles. The SMILES string of the molecule is COC(=O)c1nc(NC(=O)Cc2ccc3c(c2)OCC3)sc1-c1ccccc1. The van der Waals surface area contributed by atoms with Crippen molar-refractivity contribution in [3.8, 4) is 16.2 Å². The number of carbonyl (C=O) groups excluding carboxylic acids is 2. The third-order valence-electron chi connectivity index (χ3n) is 4.41.